The first-order chi connectivity index (χ1) is 9.55. The van der Waals surface area contributed by atoms with E-state index in [1.165, 1.54) is 18.7 Å². The minimum Gasteiger partial charge on any atom is -0.462 e. The van der Waals surface area contributed by atoms with Crippen molar-refractivity contribution >= 4 is 17.7 Å². The minimum absolute atomic E-state index is 0.0250. The number of hydrogen-bond donors (Lipinski definition) is 1. The van der Waals surface area contributed by atoms with E-state index in [4.69, 9.17) is 4.74 Å². The van der Waals surface area contributed by atoms with Crippen LogP contribution in [0, 0.1) is 0 Å². The second-order valence-corrected chi connectivity index (χ2v) is 3.84. The van der Waals surface area contributed by atoms with Gasteiger partial charge in [0.25, 0.3) is 5.91 Å². The maximum atomic E-state index is 11.6. The summed E-state index contributed by atoms with van der Waals surface area (Å²) >= 11 is 0. The van der Waals surface area contributed by atoms with E-state index < -0.39 is 11.9 Å². The van der Waals surface area contributed by atoms with Crippen molar-refractivity contribution in [3.05, 3.63) is 36.1 Å². The molecule has 0 aromatic carbocycles. The van der Waals surface area contributed by atoms with Gasteiger partial charge < -0.3 is 10.1 Å². The summed E-state index contributed by atoms with van der Waals surface area (Å²) in [6.45, 7) is 11.4. The lowest BCUT2D eigenvalue weighted by molar-refractivity contribution is -0.140. The Kier molecular flexibility index (Phi) is 8.67. The monoisotopic (exact) mass is 278 g/mol. The number of hydrogen-bond acceptors (Lipinski definition) is 4. The molecule has 0 aliphatic carbocycles. The predicted molar refractivity (Wildman–Crippen MR) is 80.2 cm³/mol. The van der Waals surface area contributed by atoms with Crippen molar-refractivity contribution in [2.24, 2.45) is 4.99 Å². The normalized spacial score (nSPS) is 17.8. The van der Waals surface area contributed by atoms with Gasteiger partial charge in [0.2, 0.25) is 0 Å². The minimum atomic E-state index is -0.637. The summed E-state index contributed by atoms with van der Waals surface area (Å²) in [7, 11) is 0. The molecule has 5 heteroatoms. The van der Waals surface area contributed by atoms with Gasteiger partial charge in [-0.1, -0.05) is 32.9 Å². The van der Waals surface area contributed by atoms with Crippen LogP contribution in [-0.4, -0.2) is 24.3 Å². The van der Waals surface area contributed by atoms with Crippen molar-refractivity contribution in [2.75, 3.05) is 6.61 Å². The highest BCUT2D eigenvalue weighted by atomic mass is 16.5. The van der Waals surface area contributed by atoms with Gasteiger partial charge in [0.05, 0.1) is 6.61 Å². The second kappa shape index (κ2) is 9.72. The van der Waals surface area contributed by atoms with Crippen LogP contribution in [0.2, 0.25) is 0 Å². The van der Waals surface area contributed by atoms with Gasteiger partial charge in [-0.25, -0.2) is 9.79 Å². The lowest BCUT2D eigenvalue weighted by Gasteiger charge is -2.16. The average Bonchev–Trinajstić information content (AvgIpc) is 2.40. The Balaban J connectivity index is 0.00000110. The Hall–Kier alpha value is -2.17. The molecule has 0 aromatic rings. The summed E-state index contributed by atoms with van der Waals surface area (Å²) in [6.07, 6.45) is 5.77. The molecule has 0 bridgehead atoms. The van der Waals surface area contributed by atoms with E-state index in [0.29, 0.717) is 11.4 Å². The maximum absolute atomic E-state index is 11.6. The Morgan fingerprint density at radius 2 is 2.05 bits per heavy atom. The summed E-state index contributed by atoms with van der Waals surface area (Å²) in [4.78, 5) is 27.0. The molecule has 0 saturated carbocycles. The molecule has 1 aliphatic heterocycles. The zero-order valence-corrected chi connectivity index (χ0v) is 12.5. The number of amides is 1. The largest absolute Gasteiger partial charge is 0.462 e. The van der Waals surface area contributed by atoms with Crippen molar-refractivity contribution in [3.8, 4) is 0 Å². The number of amidine groups is 1. The van der Waals surface area contributed by atoms with Gasteiger partial charge in [0.1, 0.15) is 11.4 Å². The topological polar surface area (TPSA) is 67.8 Å². The first-order valence-electron chi connectivity index (χ1n) is 6.61. The molecule has 1 heterocycles. The van der Waals surface area contributed by atoms with E-state index in [1.54, 1.807) is 19.9 Å². The summed E-state index contributed by atoms with van der Waals surface area (Å²) < 4.78 is 4.78. The lowest BCUT2D eigenvalue weighted by atomic mass is 10.1. The Morgan fingerprint density at radius 1 is 1.45 bits per heavy atom. The third-order valence-corrected chi connectivity index (χ3v) is 2.08. The molecule has 0 saturated heterocycles. The maximum Gasteiger partial charge on any atom is 0.343 e. The molecular weight excluding hydrogens is 256 g/mol. The molecule has 1 rings (SSSR count). The van der Waals surface area contributed by atoms with Crippen LogP contribution in [0.3, 0.4) is 0 Å². The SMILES string of the molecule is C=CN=C1NC(=O)C(C(=O)OCC)=C/C1=C/C.CCC. The van der Waals surface area contributed by atoms with Crippen LogP contribution in [0.1, 0.15) is 34.1 Å². The number of nitrogens with one attached hydrogen (secondary N) is 1. The van der Waals surface area contributed by atoms with Gasteiger partial charge in [-0.05, 0) is 19.9 Å². The fourth-order valence-corrected chi connectivity index (χ4v) is 1.32. The molecule has 0 fully saturated rings. The standard InChI is InChI=1S/C12H14N2O3.C3H8/c1-4-8-7-9(12(16)17-6-3)11(15)14-10(8)13-5-2;1-3-2/h4-5,7H,2,6H2,1,3H3,(H,13,14,15);3H2,1-2H3/b8-4-;. The summed E-state index contributed by atoms with van der Waals surface area (Å²) in [6, 6.07) is 0. The van der Waals surface area contributed by atoms with Crippen molar-refractivity contribution < 1.29 is 14.3 Å². The van der Waals surface area contributed by atoms with Crippen molar-refractivity contribution in [1.29, 1.82) is 0 Å². The summed E-state index contributed by atoms with van der Waals surface area (Å²) in [5.41, 5.74) is 0.621. The molecular formula is C15H22N2O3. The fourth-order valence-electron chi connectivity index (χ4n) is 1.32. The number of nitrogens with zero attached hydrogens (tertiary/aromatic N) is 1. The molecule has 0 atom stereocenters. The van der Waals surface area contributed by atoms with Crippen LogP contribution in [0.25, 0.3) is 0 Å². The molecule has 1 N–H and O–H groups in total. The predicted octanol–water partition coefficient (Wildman–Crippen LogP) is 2.51. The van der Waals surface area contributed by atoms with Crippen molar-refractivity contribution in [1.82, 2.24) is 5.32 Å². The van der Waals surface area contributed by atoms with E-state index in [2.05, 4.69) is 30.7 Å². The Bertz CT molecular complexity index is 460. The van der Waals surface area contributed by atoms with Crippen molar-refractivity contribution in [2.45, 2.75) is 34.1 Å². The van der Waals surface area contributed by atoms with E-state index in [0.717, 1.165) is 0 Å². The van der Waals surface area contributed by atoms with Gasteiger partial charge in [0, 0.05) is 11.8 Å². The van der Waals surface area contributed by atoms with Gasteiger partial charge in [-0.3, -0.25) is 4.79 Å². The molecule has 0 radical (unpaired) electrons. The molecule has 110 valence electrons. The van der Waals surface area contributed by atoms with E-state index >= 15 is 0 Å². The Labute approximate surface area is 120 Å². The van der Waals surface area contributed by atoms with E-state index in [1.807, 2.05) is 0 Å². The highest BCUT2D eigenvalue weighted by molar-refractivity contribution is 6.27. The first-order valence-corrected chi connectivity index (χ1v) is 6.61. The number of allylic oxidation sites excluding steroid dienone is 1. The third-order valence-electron chi connectivity index (χ3n) is 2.08. The van der Waals surface area contributed by atoms with Crippen LogP contribution in [0.4, 0.5) is 0 Å². The third kappa shape index (κ3) is 5.22. The summed E-state index contributed by atoms with van der Waals surface area (Å²) in [5.74, 6) is -0.780. The fraction of sp³-hybridized carbons (Fsp3) is 0.400. The molecule has 0 unspecified atom stereocenters. The van der Waals surface area contributed by atoms with Gasteiger partial charge >= 0.3 is 5.97 Å². The molecule has 1 aliphatic rings. The molecule has 1 amide bonds. The van der Waals surface area contributed by atoms with Crippen LogP contribution in [0.5, 0.6) is 0 Å². The molecule has 5 nitrogen and oxygen atoms in total. The van der Waals surface area contributed by atoms with Crippen molar-refractivity contribution in [3.63, 3.8) is 0 Å². The lowest BCUT2D eigenvalue weighted by Crippen LogP contribution is -2.39. The number of esters is 1. The number of rotatable bonds is 3. The quantitative estimate of drug-likeness (QED) is 0.637. The Morgan fingerprint density at radius 3 is 2.50 bits per heavy atom. The molecule has 0 aromatic heterocycles. The van der Waals surface area contributed by atoms with Gasteiger partial charge in [-0.2, -0.15) is 0 Å². The highest BCUT2D eigenvalue weighted by Crippen LogP contribution is 2.12. The molecule has 0 spiro atoms. The smallest absolute Gasteiger partial charge is 0.343 e. The summed E-state index contributed by atoms with van der Waals surface area (Å²) in [5, 5.41) is 2.51. The molecule has 20 heavy (non-hydrogen) atoms. The number of carbonyl (C=O) groups excluding carboxylic acids is 2. The number of carbonyl (C=O) groups is 2. The zero-order chi connectivity index (χ0) is 15.5. The van der Waals surface area contributed by atoms with E-state index in [-0.39, 0.29) is 12.2 Å². The van der Waals surface area contributed by atoms with Gasteiger partial charge in [0.15, 0.2) is 0 Å². The average molecular weight is 278 g/mol. The number of ether oxygens (including phenoxy) is 1. The van der Waals surface area contributed by atoms with Crippen LogP contribution in [-0.2, 0) is 14.3 Å². The second-order valence-electron chi connectivity index (χ2n) is 3.84. The van der Waals surface area contributed by atoms with Gasteiger partial charge in [-0.15, -0.1) is 0 Å². The van der Waals surface area contributed by atoms with E-state index in [9.17, 15) is 9.59 Å². The first kappa shape index (κ1) is 17.8. The zero-order valence-electron chi connectivity index (χ0n) is 12.5. The van der Waals surface area contributed by atoms with Crippen LogP contribution < -0.4 is 5.32 Å². The highest BCUT2D eigenvalue weighted by Gasteiger charge is 2.26. The number of aliphatic imine (C=N–C) groups is 1. The van der Waals surface area contributed by atoms with Crippen LogP contribution >= 0.6 is 0 Å². The van der Waals surface area contributed by atoms with Crippen LogP contribution in [0.15, 0.2) is 41.1 Å².